The second kappa shape index (κ2) is 9.81. The summed E-state index contributed by atoms with van der Waals surface area (Å²) in [5.41, 5.74) is 2.38. The van der Waals surface area contributed by atoms with Crippen molar-refractivity contribution in [1.29, 1.82) is 0 Å². The van der Waals surface area contributed by atoms with E-state index in [-0.39, 0.29) is 18.5 Å². The summed E-state index contributed by atoms with van der Waals surface area (Å²) in [7, 11) is 0. The van der Waals surface area contributed by atoms with Crippen LogP contribution in [0.5, 0.6) is 0 Å². The third kappa shape index (κ3) is 4.74. The van der Waals surface area contributed by atoms with Crippen molar-refractivity contribution in [3.05, 3.63) is 77.6 Å². The van der Waals surface area contributed by atoms with Crippen molar-refractivity contribution in [2.24, 2.45) is 0 Å². The lowest BCUT2D eigenvalue weighted by Crippen LogP contribution is -2.43. The van der Waals surface area contributed by atoms with Crippen LogP contribution in [0.2, 0.25) is 0 Å². The fourth-order valence-electron chi connectivity index (χ4n) is 4.91. The molecule has 8 nitrogen and oxygen atoms in total. The zero-order chi connectivity index (χ0) is 25.4. The first kappa shape index (κ1) is 23.4. The predicted octanol–water partition coefficient (Wildman–Crippen LogP) is 3.67. The summed E-state index contributed by atoms with van der Waals surface area (Å²) in [6.45, 7) is 3.74. The van der Waals surface area contributed by atoms with Crippen LogP contribution in [0.1, 0.15) is 29.5 Å². The Morgan fingerprint density at radius 3 is 2.57 bits per heavy atom. The quantitative estimate of drug-likeness (QED) is 0.443. The summed E-state index contributed by atoms with van der Waals surface area (Å²) >= 11 is 0. The number of hydrogen-bond acceptors (Lipinski definition) is 7. The molecular formula is C26H25F3N8. The lowest BCUT2D eigenvalue weighted by molar-refractivity contribution is 0.355. The van der Waals surface area contributed by atoms with Crippen LogP contribution in [0.15, 0.2) is 48.9 Å². The number of alkyl halides is 1. The molecule has 4 aromatic rings. The molecule has 0 spiro atoms. The molecule has 3 aromatic heterocycles. The summed E-state index contributed by atoms with van der Waals surface area (Å²) in [4.78, 5) is 17.2. The van der Waals surface area contributed by atoms with Crippen molar-refractivity contribution in [1.82, 2.24) is 29.9 Å². The molecular weight excluding hydrogens is 481 g/mol. The van der Waals surface area contributed by atoms with E-state index in [0.29, 0.717) is 23.0 Å². The molecule has 6 rings (SSSR count). The molecule has 2 fully saturated rings. The SMILES string of the molecule is Fc1ccc(F)c([C@H]2C[C@H](F)CN2c2ccc3ncc(/C=C/c4ncc(N5CCNCC5)cn4)n3n2)c1. The van der Waals surface area contributed by atoms with Gasteiger partial charge < -0.3 is 15.1 Å². The molecule has 2 atom stereocenters. The number of nitrogens with one attached hydrogen (secondary N) is 1. The monoisotopic (exact) mass is 506 g/mol. The number of nitrogens with zero attached hydrogens (tertiary/aromatic N) is 7. The van der Waals surface area contributed by atoms with Crippen LogP contribution in [0.4, 0.5) is 24.7 Å². The summed E-state index contributed by atoms with van der Waals surface area (Å²) in [6, 6.07) is 6.08. The molecule has 5 heterocycles. The third-order valence-corrected chi connectivity index (χ3v) is 6.78. The van der Waals surface area contributed by atoms with Crippen molar-refractivity contribution in [3.8, 4) is 0 Å². The number of halogens is 3. The number of hydrogen-bond donors (Lipinski definition) is 1. The van der Waals surface area contributed by atoms with Crippen LogP contribution >= 0.6 is 0 Å². The van der Waals surface area contributed by atoms with Crippen LogP contribution in [0, 0.1) is 11.6 Å². The molecule has 0 radical (unpaired) electrons. The first-order chi connectivity index (χ1) is 18.0. The van der Waals surface area contributed by atoms with Crippen molar-refractivity contribution >= 4 is 29.3 Å². The van der Waals surface area contributed by atoms with Crippen LogP contribution in [-0.2, 0) is 0 Å². The molecule has 190 valence electrons. The van der Waals surface area contributed by atoms with Gasteiger partial charge in [0, 0.05) is 38.2 Å². The molecule has 0 aliphatic carbocycles. The Morgan fingerprint density at radius 2 is 1.76 bits per heavy atom. The average Bonchev–Trinajstić information content (AvgIpc) is 3.52. The molecule has 0 unspecified atom stereocenters. The lowest BCUT2D eigenvalue weighted by atomic mass is 10.0. The normalized spacial score (nSPS) is 20.4. The van der Waals surface area contributed by atoms with E-state index in [2.05, 4.69) is 30.3 Å². The lowest BCUT2D eigenvalue weighted by Gasteiger charge is -2.28. The molecule has 2 saturated heterocycles. The van der Waals surface area contributed by atoms with Gasteiger partial charge in [-0.15, -0.1) is 5.10 Å². The van der Waals surface area contributed by atoms with Crippen molar-refractivity contribution in [2.75, 3.05) is 42.5 Å². The van der Waals surface area contributed by atoms with Gasteiger partial charge in [0.2, 0.25) is 0 Å². The molecule has 0 bridgehead atoms. The van der Waals surface area contributed by atoms with Gasteiger partial charge >= 0.3 is 0 Å². The van der Waals surface area contributed by atoms with Gasteiger partial charge in [-0.05, 0) is 42.5 Å². The van der Waals surface area contributed by atoms with Gasteiger partial charge in [0.05, 0.1) is 42.6 Å². The largest absolute Gasteiger partial charge is 0.366 e. The second-order valence-corrected chi connectivity index (χ2v) is 9.18. The summed E-state index contributed by atoms with van der Waals surface area (Å²) in [5.74, 6) is -0.134. The Labute approximate surface area is 211 Å². The van der Waals surface area contributed by atoms with Crippen molar-refractivity contribution in [3.63, 3.8) is 0 Å². The fourth-order valence-corrected chi connectivity index (χ4v) is 4.91. The predicted molar refractivity (Wildman–Crippen MR) is 135 cm³/mol. The van der Waals surface area contributed by atoms with E-state index in [4.69, 9.17) is 0 Å². The van der Waals surface area contributed by atoms with Crippen molar-refractivity contribution in [2.45, 2.75) is 18.6 Å². The number of benzene rings is 1. The van der Waals surface area contributed by atoms with Gasteiger partial charge in [-0.2, -0.15) is 0 Å². The fraction of sp³-hybridized carbons (Fsp3) is 0.308. The Kier molecular flexibility index (Phi) is 6.21. The van der Waals surface area contributed by atoms with E-state index in [0.717, 1.165) is 50.1 Å². The Bertz CT molecular complexity index is 1430. The first-order valence-corrected chi connectivity index (χ1v) is 12.2. The van der Waals surface area contributed by atoms with E-state index in [1.54, 1.807) is 33.8 Å². The minimum atomic E-state index is -1.19. The number of rotatable bonds is 5. The van der Waals surface area contributed by atoms with E-state index < -0.39 is 23.8 Å². The van der Waals surface area contributed by atoms with Gasteiger partial charge in [0.1, 0.15) is 23.6 Å². The highest BCUT2D eigenvalue weighted by Crippen LogP contribution is 2.38. The minimum Gasteiger partial charge on any atom is -0.366 e. The van der Waals surface area contributed by atoms with E-state index in [9.17, 15) is 13.2 Å². The highest BCUT2D eigenvalue weighted by molar-refractivity contribution is 5.67. The zero-order valence-electron chi connectivity index (χ0n) is 19.9. The van der Waals surface area contributed by atoms with Gasteiger partial charge in [0.15, 0.2) is 11.5 Å². The molecule has 0 amide bonds. The molecule has 2 aliphatic heterocycles. The third-order valence-electron chi connectivity index (χ3n) is 6.78. The molecule has 0 saturated carbocycles. The maximum absolute atomic E-state index is 14.5. The van der Waals surface area contributed by atoms with E-state index in [1.165, 1.54) is 0 Å². The van der Waals surface area contributed by atoms with Gasteiger partial charge in [-0.1, -0.05) is 0 Å². The number of piperazine rings is 1. The van der Waals surface area contributed by atoms with E-state index >= 15 is 0 Å². The average molecular weight is 507 g/mol. The van der Waals surface area contributed by atoms with Crippen LogP contribution in [-0.4, -0.2) is 63.5 Å². The Balaban J connectivity index is 1.26. The summed E-state index contributed by atoms with van der Waals surface area (Å²) in [6.07, 6.45) is 7.75. The minimum absolute atomic E-state index is 0.0340. The van der Waals surface area contributed by atoms with Crippen LogP contribution in [0.25, 0.3) is 17.8 Å². The van der Waals surface area contributed by atoms with Crippen molar-refractivity contribution < 1.29 is 13.2 Å². The van der Waals surface area contributed by atoms with Gasteiger partial charge in [0.25, 0.3) is 0 Å². The zero-order valence-corrected chi connectivity index (χ0v) is 19.9. The summed E-state index contributed by atoms with van der Waals surface area (Å²) in [5, 5.41) is 7.98. The van der Waals surface area contributed by atoms with Crippen LogP contribution < -0.4 is 15.1 Å². The smallest absolute Gasteiger partial charge is 0.154 e. The molecule has 11 heteroatoms. The highest BCUT2D eigenvalue weighted by Gasteiger charge is 2.36. The highest BCUT2D eigenvalue weighted by atomic mass is 19.1. The Hall–Kier alpha value is -3.99. The molecule has 1 N–H and O–H groups in total. The molecule has 2 aliphatic rings. The van der Waals surface area contributed by atoms with E-state index in [1.807, 2.05) is 18.5 Å². The maximum atomic E-state index is 14.5. The number of fused-ring (bicyclic) bond motifs is 1. The molecule has 37 heavy (non-hydrogen) atoms. The maximum Gasteiger partial charge on any atom is 0.154 e. The summed E-state index contributed by atoms with van der Waals surface area (Å²) < 4.78 is 44.5. The standard InChI is InChI=1S/C26H25F3N8/c27-17-1-3-22(29)21(11-17)23-12-18(28)16-36(23)26-6-5-25-33-13-19(37(25)34-26)2-4-24-31-14-20(15-32-24)35-9-7-30-8-10-35/h1-6,11,13-15,18,23,30H,7-10,12,16H2/b4-2+/t18-,23+/m0/s1. The molecule has 1 aromatic carbocycles. The topological polar surface area (TPSA) is 74.5 Å². The number of anilines is 2. The number of imidazole rings is 1. The van der Waals surface area contributed by atoms with Crippen LogP contribution in [0.3, 0.4) is 0 Å². The number of aromatic nitrogens is 5. The first-order valence-electron chi connectivity index (χ1n) is 12.2. The van der Waals surface area contributed by atoms with Gasteiger partial charge in [-0.25, -0.2) is 32.6 Å². The van der Waals surface area contributed by atoms with Gasteiger partial charge in [-0.3, -0.25) is 0 Å². The second-order valence-electron chi connectivity index (χ2n) is 9.18. The Morgan fingerprint density at radius 1 is 0.946 bits per heavy atom.